The number of hydrogen-bond donors (Lipinski definition) is 2. The fourth-order valence-electron chi connectivity index (χ4n) is 6.80. The van der Waals surface area contributed by atoms with Gasteiger partial charge in [-0.2, -0.15) is 0 Å². The van der Waals surface area contributed by atoms with E-state index in [4.69, 9.17) is 37.0 Å². The Balaban J connectivity index is 4.08. The minimum atomic E-state index is -4.16. The van der Waals surface area contributed by atoms with Gasteiger partial charge in [-0.25, -0.2) is 9.13 Å². The molecule has 0 radical (unpaired) electrons. The van der Waals surface area contributed by atoms with Crippen molar-refractivity contribution in [1.29, 1.82) is 0 Å². The van der Waals surface area contributed by atoms with Crippen LogP contribution in [0.1, 0.15) is 181 Å². The number of unbranched alkanes of at least 4 members (excludes halogenated alkanes) is 23. The van der Waals surface area contributed by atoms with Crippen LogP contribution in [0.3, 0.4) is 0 Å². The lowest BCUT2D eigenvalue weighted by atomic mass is 10.0. The SMILES string of the molecule is CCCCCCCCOC(COCCCCCCCCCCCCCCCCOCC(COP(=O)(O)OCC[N+](C)(C)C)OCCCCCCCC)COP(=O)(O)OCC[N+](C)(C)C. The summed E-state index contributed by atoms with van der Waals surface area (Å²) in [7, 11) is 3.70. The van der Waals surface area contributed by atoms with Gasteiger partial charge in [0.15, 0.2) is 0 Å². The molecule has 16 heteroatoms. The first-order valence-corrected chi connectivity index (χ1v) is 28.7. The van der Waals surface area contributed by atoms with Crippen LogP contribution in [0.2, 0.25) is 0 Å². The Morgan fingerprint density at radius 1 is 0.359 bits per heavy atom. The lowest BCUT2D eigenvalue weighted by Crippen LogP contribution is -2.37. The van der Waals surface area contributed by atoms with Gasteiger partial charge in [0.25, 0.3) is 0 Å². The van der Waals surface area contributed by atoms with E-state index >= 15 is 0 Å². The molecule has 0 aromatic heterocycles. The third kappa shape index (κ3) is 48.4. The van der Waals surface area contributed by atoms with Crippen LogP contribution in [0.5, 0.6) is 0 Å². The van der Waals surface area contributed by atoms with Crippen molar-refractivity contribution in [2.75, 3.05) is 121 Å². The van der Waals surface area contributed by atoms with Crippen molar-refractivity contribution < 1.29 is 64.9 Å². The Hall–Kier alpha value is -0.0200. The fraction of sp³-hybridized carbons (Fsp3) is 1.00. The van der Waals surface area contributed by atoms with E-state index in [2.05, 4.69) is 13.8 Å². The number of rotatable bonds is 51. The zero-order valence-corrected chi connectivity index (χ0v) is 44.6. The zero-order chi connectivity index (χ0) is 47.7. The molecule has 0 aliphatic rings. The molecule has 0 saturated carbocycles. The van der Waals surface area contributed by atoms with Gasteiger partial charge in [0.1, 0.15) is 38.5 Å². The first kappa shape index (κ1) is 64.0. The predicted octanol–water partition coefficient (Wildman–Crippen LogP) is 11.7. The smallest absolute Gasteiger partial charge is 0.379 e. The van der Waals surface area contributed by atoms with E-state index in [1.165, 1.54) is 116 Å². The van der Waals surface area contributed by atoms with Crippen molar-refractivity contribution in [2.45, 2.75) is 193 Å². The number of likely N-dealkylation sites (N-methyl/N-ethyl adjacent to an activating group) is 2. The number of hydrogen-bond acceptors (Lipinski definition) is 10. The monoisotopic (exact) mass is 963 g/mol. The van der Waals surface area contributed by atoms with Gasteiger partial charge in [0.2, 0.25) is 0 Å². The Morgan fingerprint density at radius 3 is 0.906 bits per heavy atom. The molecular weight excluding hydrogens is 858 g/mol. The van der Waals surface area contributed by atoms with Gasteiger partial charge in [-0.05, 0) is 25.7 Å². The summed E-state index contributed by atoms with van der Waals surface area (Å²) in [6.45, 7) is 8.99. The predicted molar refractivity (Wildman–Crippen MR) is 262 cm³/mol. The second-order valence-electron chi connectivity index (χ2n) is 19.8. The average molecular weight is 963 g/mol. The normalized spacial score (nSPS) is 15.3. The second-order valence-corrected chi connectivity index (χ2v) is 22.8. The minimum Gasteiger partial charge on any atom is -0.379 e. The molecule has 0 spiro atoms. The summed E-state index contributed by atoms with van der Waals surface area (Å²) in [6, 6.07) is 0. The van der Waals surface area contributed by atoms with Crippen LogP contribution < -0.4 is 0 Å². The van der Waals surface area contributed by atoms with Gasteiger partial charge in [-0.1, -0.05) is 155 Å². The Kier molecular flexibility index (Phi) is 41.9. The van der Waals surface area contributed by atoms with E-state index in [1.807, 2.05) is 42.3 Å². The largest absolute Gasteiger partial charge is 0.472 e. The molecule has 0 aromatic rings. The Labute approximate surface area is 393 Å². The molecule has 0 heterocycles. The molecule has 0 fully saturated rings. The highest BCUT2D eigenvalue weighted by molar-refractivity contribution is 7.47. The molecule has 0 rings (SSSR count). The van der Waals surface area contributed by atoms with Crippen molar-refractivity contribution in [3.05, 3.63) is 0 Å². The van der Waals surface area contributed by atoms with Crippen LogP contribution in [0.25, 0.3) is 0 Å². The van der Waals surface area contributed by atoms with Crippen LogP contribution in [-0.2, 0) is 46.2 Å². The minimum absolute atomic E-state index is 0.0343. The topological polar surface area (TPSA) is 148 Å². The number of nitrogens with zero attached hydrogens (tertiary/aromatic N) is 2. The van der Waals surface area contributed by atoms with E-state index in [-0.39, 0.29) is 26.4 Å². The number of phosphoric ester groups is 2. The Bertz CT molecular complexity index is 1030. The van der Waals surface area contributed by atoms with Crippen LogP contribution in [-0.4, -0.2) is 152 Å². The van der Waals surface area contributed by atoms with Crippen molar-refractivity contribution in [2.24, 2.45) is 0 Å². The summed E-state index contributed by atoms with van der Waals surface area (Å²) in [5.74, 6) is 0. The molecule has 14 nitrogen and oxygen atoms in total. The molecule has 0 amide bonds. The maximum atomic E-state index is 12.4. The highest BCUT2D eigenvalue weighted by Gasteiger charge is 2.26. The third-order valence-electron chi connectivity index (χ3n) is 11.0. The van der Waals surface area contributed by atoms with Gasteiger partial charge in [-0.15, -0.1) is 0 Å². The molecule has 64 heavy (non-hydrogen) atoms. The molecule has 0 aliphatic carbocycles. The molecule has 0 aliphatic heterocycles. The number of phosphoric acid groups is 2. The van der Waals surface area contributed by atoms with Gasteiger partial charge < -0.3 is 37.7 Å². The lowest BCUT2D eigenvalue weighted by Gasteiger charge is -2.24. The van der Waals surface area contributed by atoms with Crippen molar-refractivity contribution in [3.8, 4) is 0 Å². The maximum Gasteiger partial charge on any atom is 0.472 e. The van der Waals surface area contributed by atoms with Gasteiger partial charge in [0, 0.05) is 26.4 Å². The first-order chi connectivity index (χ1) is 30.5. The van der Waals surface area contributed by atoms with E-state index in [0.717, 1.165) is 51.4 Å². The van der Waals surface area contributed by atoms with E-state index in [9.17, 15) is 18.9 Å². The molecular formula is C48H104N2O12P2+2. The van der Waals surface area contributed by atoms with E-state index in [1.54, 1.807) is 0 Å². The average Bonchev–Trinajstić information content (AvgIpc) is 3.21. The van der Waals surface area contributed by atoms with Gasteiger partial charge in [0.05, 0.1) is 68.7 Å². The van der Waals surface area contributed by atoms with Crippen molar-refractivity contribution in [3.63, 3.8) is 0 Å². The maximum absolute atomic E-state index is 12.4. The summed E-state index contributed by atoms with van der Waals surface area (Å²) >= 11 is 0. The fourth-order valence-corrected chi connectivity index (χ4v) is 8.28. The summed E-state index contributed by atoms with van der Waals surface area (Å²) in [5.41, 5.74) is 0. The molecule has 4 atom stereocenters. The van der Waals surface area contributed by atoms with E-state index in [0.29, 0.717) is 61.7 Å². The van der Waals surface area contributed by atoms with Gasteiger partial charge in [-0.3, -0.25) is 18.1 Å². The third-order valence-corrected chi connectivity index (χ3v) is 13.0. The summed E-state index contributed by atoms with van der Waals surface area (Å²) < 4.78 is 71.0. The molecule has 2 N–H and O–H groups in total. The molecule has 0 bridgehead atoms. The second kappa shape index (κ2) is 41.9. The van der Waals surface area contributed by atoms with E-state index < -0.39 is 27.9 Å². The molecule has 0 saturated heterocycles. The van der Waals surface area contributed by atoms with Crippen LogP contribution in [0.4, 0.5) is 0 Å². The highest BCUT2D eigenvalue weighted by Crippen LogP contribution is 2.44. The summed E-state index contributed by atoms with van der Waals surface area (Å²) in [4.78, 5) is 20.3. The molecule has 4 unspecified atom stereocenters. The van der Waals surface area contributed by atoms with Crippen molar-refractivity contribution >= 4 is 15.6 Å². The van der Waals surface area contributed by atoms with Crippen LogP contribution in [0, 0.1) is 0 Å². The number of ether oxygens (including phenoxy) is 4. The number of quaternary nitrogens is 2. The van der Waals surface area contributed by atoms with Crippen molar-refractivity contribution in [1.82, 2.24) is 0 Å². The van der Waals surface area contributed by atoms with Crippen LogP contribution in [0.15, 0.2) is 0 Å². The first-order valence-electron chi connectivity index (χ1n) is 25.7. The highest BCUT2D eigenvalue weighted by atomic mass is 31.2. The summed E-state index contributed by atoms with van der Waals surface area (Å²) in [6.07, 6.45) is 30.2. The standard InChI is InChI=1S/C48H102N2O12P2/c1-9-11-13-15-29-33-39-57-47(45-61-63(51,52)59-41-35-49(3,4)5)43-55-37-31-27-25-23-21-19-17-18-20-22-24-26-28-32-38-56-44-48(58-40-34-30-16-14-12-10-2)46-62-64(53,54)60-42-36-50(6,7)8/h47-48H,9-46H2,1-8H3/p+2. The summed E-state index contributed by atoms with van der Waals surface area (Å²) in [5, 5.41) is 0. The lowest BCUT2D eigenvalue weighted by molar-refractivity contribution is -0.870. The molecule has 0 aromatic carbocycles. The Morgan fingerprint density at radius 2 is 0.625 bits per heavy atom. The zero-order valence-electron chi connectivity index (χ0n) is 42.8. The quantitative estimate of drug-likeness (QED) is 0.0340. The molecule has 386 valence electrons. The van der Waals surface area contributed by atoms with Gasteiger partial charge >= 0.3 is 15.6 Å². The van der Waals surface area contributed by atoms with Crippen LogP contribution >= 0.6 is 15.6 Å².